The van der Waals surface area contributed by atoms with E-state index < -0.39 is 0 Å². The minimum atomic E-state index is -0.0464. The number of halogens is 1. The van der Waals surface area contributed by atoms with Crippen LogP contribution in [0, 0.1) is 0 Å². The molecule has 0 saturated heterocycles. The lowest BCUT2D eigenvalue weighted by Gasteiger charge is -2.06. The van der Waals surface area contributed by atoms with Crippen molar-refractivity contribution in [1.82, 2.24) is 9.55 Å². The molecule has 6 heteroatoms. The number of hydrogen-bond acceptors (Lipinski definition) is 4. The van der Waals surface area contributed by atoms with Gasteiger partial charge in [0.05, 0.1) is 12.5 Å². The van der Waals surface area contributed by atoms with Crippen molar-refractivity contribution in [2.24, 2.45) is 0 Å². The standard InChI is InChI=1S/C17H11BrN2O2S/c1-22-13-6-8-19-16-14(13)12-7-9-20(17(21)15(12)23-16)11-4-2-10(18)3-5-11/h2-9H,1H3. The fourth-order valence-electron chi connectivity index (χ4n) is 2.64. The smallest absolute Gasteiger partial charge is 0.273 e. The van der Waals surface area contributed by atoms with Gasteiger partial charge in [-0.05, 0) is 36.4 Å². The number of ether oxygens (including phenoxy) is 1. The van der Waals surface area contributed by atoms with Crippen LogP contribution in [0.15, 0.2) is 58.1 Å². The van der Waals surface area contributed by atoms with E-state index in [1.165, 1.54) is 11.3 Å². The monoisotopic (exact) mass is 386 g/mol. The summed E-state index contributed by atoms with van der Waals surface area (Å²) in [6.07, 6.45) is 3.50. The van der Waals surface area contributed by atoms with E-state index in [-0.39, 0.29) is 5.56 Å². The molecule has 0 bridgehead atoms. The molecule has 4 nitrogen and oxygen atoms in total. The van der Waals surface area contributed by atoms with Gasteiger partial charge in [0.25, 0.3) is 5.56 Å². The van der Waals surface area contributed by atoms with E-state index in [1.807, 2.05) is 36.4 Å². The van der Waals surface area contributed by atoms with Gasteiger partial charge in [0.2, 0.25) is 0 Å². The Kier molecular flexibility index (Phi) is 3.43. The Morgan fingerprint density at radius 3 is 2.70 bits per heavy atom. The Bertz CT molecular complexity index is 1080. The van der Waals surface area contributed by atoms with E-state index in [0.717, 1.165) is 31.5 Å². The van der Waals surface area contributed by atoms with Crippen LogP contribution in [0.1, 0.15) is 0 Å². The number of fused-ring (bicyclic) bond motifs is 3. The zero-order valence-corrected chi connectivity index (χ0v) is 14.5. The van der Waals surface area contributed by atoms with E-state index >= 15 is 0 Å². The summed E-state index contributed by atoms with van der Waals surface area (Å²) in [5.74, 6) is 0.738. The molecule has 0 radical (unpaired) electrons. The van der Waals surface area contributed by atoms with Gasteiger partial charge in [0.15, 0.2) is 0 Å². The summed E-state index contributed by atoms with van der Waals surface area (Å²) in [5.41, 5.74) is 0.785. The maximum atomic E-state index is 12.9. The molecule has 0 amide bonds. The number of thiophene rings is 1. The summed E-state index contributed by atoms with van der Waals surface area (Å²) in [7, 11) is 1.63. The van der Waals surface area contributed by atoms with Crippen molar-refractivity contribution in [3.05, 3.63) is 63.6 Å². The number of benzene rings is 1. The molecule has 0 fully saturated rings. The SMILES string of the molecule is COc1ccnc2sc3c(=O)n(-c4ccc(Br)cc4)ccc3c12. The zero-order valence-electron chi connectivity index (χ0n) is 12.1. The third kappa shape index (κ3) is 2.26. The van der Waals surface area contributed by atoms with Crippen LogP contribution in [-0.4, -0.2) is 16.7 Å². The predicted molar refractivity (Wildman–Crippen MR) is 97.0 cm³/mol. The number of rotatable bonds is 2. The number of nitrogens with zero attached hydrogens (tertiary/aromatic N) is 2. The molecule has 1 aromatic carbocycles. The fraction of sp³-hybridized carbons (Fsp3) is 0.0588. The van der Waals surface area contributed by atoms with E-state index in [0.29, 0.717) is 4.70 Å². The number of pyridine rings is 2. The fourth-order valence-corrected chi connectivity index (χ4v) is 3.99. The molecule has 0 atom stereocenters. The second-order valence-corrected chi connectivity index (χ2v) is 6.92. The molecular formula is C17H11BrN2O2S. The maximum absolute atomic E-state index is 12.9. The highest BCUT2D eigenvalue weighted by Gasteiger charge is 2.15. The van der Waals surface area contributed by atoms with Gasteiger partial charge in [0.1, 0.15) is 15.3 Å². The minimum Gasteiger partial charge on any atom is -0.496 e. The van der Waals surface area contributed by atoms with Crippen LogP contribution >= 0.6 is 27.3 Å². The molecule has 3 heterocycles. The van der Waals surface area contributed by atoms with Crippen LogP contribution in [0.3, 0.4) is 0 Å². The molecule has 0 N–H and O–H groups in total. The second-order valence-electron chi connectivity index (χ2n) is 5.01. The Hall–Kier alpha value is -2.18. The summed E-state index contributed by atoms with van der Waals surface area (Å²) in [6.45, 7) is 0. The predicted octanol–water partition coefficient (Wildman–Crippen LogP) is 4.37. The van der Waals surface area contributed by atoms with E-state index in [4.69, 9.17) is 4.74 Å². The lowest BCUT2D eigenvalue weighted by atomic mass is 10.2. The van der Waals surface area contributed by atoms with Crippen molar-refractivity contribution < 1.29 is 4.74 Å². The third-order valence-corrected chi connectivity index (χ3v) is 5.35. The molecule has 0 spiro atoms. The highest BCUT2D eigenvalue weighted by molar-refractivity contribution is 9.10. The molecule has 0 saturated carbocycles. The van der Waals surface area contributed by atoms with Gasteiger partial charge in [-0.1, -0.05) is 15.9 Å². The summed E-state index contributed by atoms with van der Waals surface area (Å²) in [6, 6.07) is 11.4. The van der Waals surface area contributed by atoms with Crippen molar-refractivity contribution in [3.63, 3.8) is 0 Å². The first-order valence-electron chi connectivity index (χ1n) is 6.92. The van der Waals surface area contributed by atoms with Crippen molar-refractivity contribution in [3.8, 4) is 11.4 Å². The molecular weight excluding hydrogens is 376 g/mol. The molecule has 4 rings (SSSR count). The number of aromatic nitrogens is 2. The highest BCUT2D eigenvalue weighted by atomic mass is 79.9. The van der Waals surface area contributed by atoms with Crippen molar-refractivity contribution in [1.29, 1.82) is 0 Å². The molecule has 114 valence electrons. The van der Waals surface area contributed by atoms with Gasteiger partial charge in [-0.15, -0.1) is 11.3 Å². The van der Waals surface area contributed by atoms with Crippen LogP contribution in [0.4, 0.5) is 0 Å². The summed E-state index contributed by atoms with van der Waals surface area (Å²) in [5, 5.41) is 1.78. The van der Waals surface area contributed by atoms with E-state index in [1.54, 1.807) is 24.1 Å². The number of methoxy groups -OCH3 is 1. The topological polar surface area (TPSA) is 44.1 Å². The average Bonchev–Trinajstić information content (AvgIpc) is 2.96. The zero-order chi connectivity index (χ0) is 16.0. The summed E-state index contributed by atoms with van der Waals surface area (Å²) < 4.78 is 8.72. The largest absolute Gasteiger partial charge is 0.496 e. The Labute approximate surface area is 144 Å². The maximum Gasteiger partial charge on any atom is 0.273 e. The first kappa shape index (κ1) is 14.4. The van der Waals surface area contributed by atoms with Crippen LogP contribution in [-0.2, 0) is 0 Å². The van der Waals surface area contributed by atoms with Crippen LogP contribution in [0.2, 0.25) is 0 Å². The van der Waals surface area contributed by atoms with Gasteiger partial charge in [-0.2, -0.15) is 0 Å². The lowest BCUT2D eigenvalue weighted by Crippen LogP contribution is -2.16. The Morgan fingerprint density at radius 1 is 1.17 bits per heavy atom. The first-order chi connectivity index (χ1) is 11.2. The summed E-state index contributed by atoms with van der Waals surface area (Å²) in [4.78, 5) is 18.1. The minimum absolute atomic E-state index is 0.0464. The quantitative estimate of drug-likeness (QED) is 0.513. The molecule has 0 aliphatic carbocycles. The van der Waals surface area contributed by atoms with Gasteiger partial charge >= 0.3 is 0 Å². The molecule has 23 heavy (non-hydrogen) atoms. The van der Waals surface area contributed by atoms with Gasteiger partial charge in [0, 0.05) is 27.9 Å². The molecule has 3 aromatic heterocycles. The molecule has 4 aromatic rings. The Balaban J connectivity index is 2.04. The molecule has 0 aliphatic rings. The van der Waals surface area contributed by atoms with E-state index in [9.17, 15) is 4.79 Å². The van der Waals surface area contributed by atoms with Crippen LogP contribution in [0.25, 0.3) is 26.0 Å². The molecule has 0 unspecified atom stereocenters. The van der Waals surface area contributed by atoms with Crippen molar-refractivity contribution in [2.75, 3.05) is 7.11 Å². The van der Waals surface area contributed by atoms with Crippen molar-refractivity contribution in [2.45, 2.75) is 0 Å². The van der Waals surface area contributed by atoms with Crippen LogP contribution < -0.4 is 10.3 Å². The van der Waals surface area contributed by atoms with Crippen LogP contribution in [0.5, 0.6) is 5.75 Å². The van der Waals surface area contributed by atoms with Gasteiger partial charge in [-0.25, -0.2) is 4.98 Å². The second kappa shape index (κ2) is 5.47. The summed E-state index contributed by atoms with van der Waals surface area (Å²) >= 11 is 4.80. The highest BCUT2D eigenvalue weighted by Crippen LogP contribution is 2.36. The number of hydrogen-bond donors (Lipinski definition) is 0. The molecule has 0 aliphatic heterocycles. The van der Waals surface area contributed by atoms with Crippen molar-refractivity contribution >= 4 is 47.6 Å². The third-order valence-electron chi connectivity index (χ3n) is 3.72. The lowest BCUT2D eigenvalue weighted by molar-refractivity contribution is 0.420. The average molecular weight is 387 g/mol. The van der Waals surface area contributed by atoms with Gasteiger partial charge in [-0.3, -0.25) is 9.36 Å². The Morgan fingerprint density at radius 2 is 1.96 bits per heavy atom. The normalized spacial score (nSPS) is 11.2. The van der Waals surface area contributed by atoms with E-state index in [2.05, 4.69) is 20.9 Å². The van der Waals surface area contributed by atoms with Gasteiger partial charge < -0.3 is 4.74 Å². The first-order valence-corrected chi connectivity index (χ1v) is 8.53.